The molecule has 0 aliphatic heterocycles. The molecule has 0 aromatic carbocycles. The first-order valence-electron chi connectivity index (χ1n) is 3.88. The molecule has 15 heavy (non-hydrogen) atoms. The van der Waals surface area contributed by atoms with Gasteiger partial charge in [-0.15, -0.1) is 11.3 Å². The Balaban J connectivity index is 2.14. The van der Waals surface area contributed by atoms with Crippen LogP contribution in [-0.2, 0) is 0 Å². The molecule has 0 atom stereocenters. The second-order valence-electron chi connectivity index (χ2n) is 2.46. The molecule has 7 heteroatoms. The Kier molecular flexibility index (Phi) is 2.93. The van der Waals surface area contributed by atoms with Gasteiger partial charge in [0, 0.05) is 24.0 Å². The Morgan fingerprint density at radius 1 is 1.33 bits per heavy atom. The van der Waals surface area contributed by atoms with Crippen molar-refractivity contribution in [2.45, 2.75) is 9.50 Å². The lowest BCUT2D eigenvalue weighted by Gasteiger charge is -1.96. The second kappa shape index (κ2) is 4.37. The first-order valence-corrected chi connectivity index (χ1v) is 5.58. The Bertz CT molecular complexity index is 455. The molecule has 0 fully saturated rings. The van der Waals surface area contributed by atoms with Gasteiger partial charge in [0.25, 0.3) is 0 Å². The van der Waals surface area contributed by atoms with Gasteiger partial charge in [-0.1, -0.05) is 0 Å². The van der Waals surface area contributed by atoms with Crippen molar-refractivity contribution in [1.82, 2.24) is 15.0 Å². The molecule has 2 aromatic heterocycles. The molecule has 0 spiro atoms. The van der Waals surface area contributed by atoms with Crippen molar-refractivity contribution in [2.75, 3.05) is 0 Å². The highest BCUT2D eigenvalue weighted by Crippen LogP contribution is 2.25. The van der Waals surface area contributed by atoms with Crippen molar-refractivity contribution < 1.29 is 9.90 Å². The third-order valence-electron chi connectivity index (χ3n) is 1.46. The normalized spacial score (nSPS) is 10.1. The van der Waals surface area contributed by atoms with E-state index in [1.807, 2.05) is 5.38 Å². The topological polar surface area (TPSA) is 76.0 Å². The first kappa shape index (κ1) is 10.1. The summed E-state index contributed by atoms with van der Waals surface area (Å²) in [6.45, 7) is 0. The van der Waals surface area contributed by atoms with E-state index in [1.54, 1.807) is 6.20 Å². The van der Waals surface area contributed by atoms with Crippen LogP contribution in [0.3, 0.4) is 0 Å². The van der Waals surface area contributed by atoms with Crippen LogP contribution in [0.1, 0.15) is 10.4 Å². The monoisotopic (exact) mass is 239 g/mol. The summed E-state index contributed by atoms with van der Waals surface area (Å²) in [7, 11) is 0. The molecule has 5 nitrogen and oxygen atoms in total. The third kappa shape index (κ3) is 2.51. The average molecular weight is 239 g/mol. The van der Waals surface area contributed by atoms with Gasteiger partial charge in [-0.05, 0) is 11.8 Å². The van der Waals surface area contributed by atoms with Crippen molar-refractivity contribution in [3.63, 3.8) is 0 Å². The largest absolute Gasteiger partial charge is 0.478 e. The van der Waals surface area contributed by atoms with Gasteiger partial charge < -0.3 is 5.11 Å². The van der Waals surface area contributed by atoms with Gasteiger partial charge in [-0.2, -0.15) is 0 Å². The minimum atomic E-state index is -1.03. The number of hydrogen-bond donors (Lipinski definition) is 1. The van der Waals surface area contributed by atoms with E-state index in [0.717, 1.165) is 4.34 Å². The predicted molar refractivity (Wildman–Crippen MR) is 55.2 cm³/mol. The molecule has 0 radical (unpaired) electrons. The molecule has 0 aliphatic rings. The lowest BCUT2D eigenvalue weighted by atomic mass is 10.4. The third-order valence-corrected chi connectivity index (χ3v) is 3.24. The van der Waals surface area contributed by atoms with Crippen LogP contribution in [0.25, 0.3) is 0 Å². The average Bonchev–Trinajstić information content (AvgIpc) is 2.71. The number of aromatic nitrogens is 3. The molecule has 0 saturated heterocycles. The summed E-state index contributed by atoms with van der Waals surface area (Å²) in [5.74, 6) is -1.03. The summed E-state index contributed by atoms with van der Waals surface area (Å²) in [6, 6.07) is 0. The lowest BCUT2D eigenvalue weighted by Crippen LogP contribution is -1.98. The number of rotatable bonds is 3. The summed E-state index contributed by atoms with van der Waals surface area (Å²) in [5, 5.41) is 11.0. The van der Waals surface area contributed by atoms with Gasteiger partial charge >= 0.3 is 5.97 Å². The number of carboxylic acids is 1. The van der Waals surface area contributed by atoms with Crippen LogP contribution in [0.2, 0.25) is 0 Å². The van der Waals surface area contributed by atoms with Crippen molar-refractivity contribution in [3.05, 3.63) is 29.5 Å². The van der Waals surface area contributed by atoms with Crippen molar-refractivity contribution >= 4 is 29.1 Å². The highest BCUT2D eigenvalue weighted by molar-refractivity contribution is 8.00. The quantitative estimate of drug-likeness (QED) is 0.823. The maximum Gasteiger partial charge on any atom is 0.338 e. The predicted octanol–water partition coefficient (Wildman–Crippen LogP) is 1.78. The zero-order valence-corrected chi connectivity index (χ0v) is 8.96. The molecule has 0 bridgehead atoms. The SMILES string of the molecule is O=C(O)c1cnc(Sc2nccs2)nc1. The minimum absolute atomic E-state index is 0.0819. The Morgan fingerprint density at radius 3 is 2.60 bits per heavy atom. The van der Waals surface area contributed by atoms with Crippen LogP contribution in [0, 0.1) is 0 Å². The standard InChI is InChI=1S/C8H5N3O2S2/c12-6(13)5-3-10-7(11-4-5)15-8-9-1-2-14-8/h1-4H,(H,12,13). The van der Waals surface area contributed by atoms with Gasteiger partial charge in [0.2, 0.25) is 0 Å². The molecule has 2 rings (SSSR count). The smallest absolute Gasteiger partial charge is 0.338 e. The second-order valence-corrected chi connectivity index (χ2v) is 4.57. The fourth-order valence-electron chi connectivity index (χ4n) is 0.818. The van der Waals surface area contributed by atoms with Crippen molar-refractivity contribution in [2.24, 2.45) is 0 Å². The van der Waals surface area contributed by atoms with Crippen LogP contribution >= 0.6 is 23.1 Å². The number of aromatic carboxylic acids is 1. The number of thiazole rings is 1. The van der Waals surface area contributed by atoms with E-state index in [-0.39, 0.29) is 5.56 Å². The van der Waals surface area contributed by atoms with Crippen molar-refractivity contribution in [1.29, 1.82) is 0 Å². The summed E-state index contributed by atoms with van der Waals surface area (Å²) >= 11 is 2.79. The lowest BCUT2D eigenvalue weighted by molar-refractivity contribution is 0.0695. The first-order chi connectivity index (χ1) is 7.25. The van der Waals surface area contributed by atoms with Gasteiger partial charge in [0.1, 0.15) is 0 Å². The van der Waals surface area contributed by atoms with E-state index in [9.17, 15) is 4.79 Å². The van der Waals surface area contributed by atoms with Crippen LogP contribution in [-0.4, -0.2) is 26.0 Å². The molecule has 0 amide bonds. The fraction of sp³-hybridized carbons (Fsp3) is 0. The summed E-state index contributed by atoms with van der Waals surface area (Å²) in [5.41, 5.74) is 0.0819. The number of carbonyl (C=O) groups is 1. The Labute approximate surface area is 93.2 Å². The van der Waals surface area contributed by atoms with Crippen LogP contribution in [0.5, 0.6) is 0 Å². The molecule has 2 heterocycles. The van der Waals surface area contributed by atoms with Crippen LogP contribution in [0.15, 0.2) is 33.5 Å². The van der Waals surface area contributed by atoms with E-state index in [0.29, 0.717) is 5.16 Å². The minimum Gasteiger partial charge on any atom is -0.478 e. The fourth-order valence-corrected chi connectivity index (χ4v) is 2.24. The highest BCUT2D eigenvalue weighted by atomic mass is 32.2. The van der Waals surface area contributed by atoms with Crippen LogP contribution < -0.4 is 0 Å². The summed E-state index contributed by atoms with van der Waals surface area (Å²) < 4.78 is 0.832. The molecule has 0 unspecified atom stereocenters. The summed E-state index contributed by atoms with van der Waals surface area (Å²) in [6.07, 6.45) is 4.26. The molecular weight excluding hydrogens is 234 g/mol. The molecule has 1 N–H and O–H groups in total. The molecular formula is C8H5N3O2S2. The van der Waals surface area contributed by atoms with E-state index in [4.69, 9.17) is 5.11 Å². The highest BCUT2D eigenvalue weighted by Gasteiger charge is 2.06. The molecule has 0 aliphatic carbocycles. The zero-order valence-electron chi connectivity index (χ0n) is 7.32. The van der Waals surface area contributed by atoms with E-state index in [1.165, 1.54) is 35.5 Å². The van der Waals surface area contributed by atoms with Crippen molar-refractivity contribution in [3.8, 4) is 0 Å². The number of hydrogen-bond acceptors (Lipinski definition) is 6. The van der Waals surface area contributed by atoms with Gasteiger partial charge in [0.15, 0.2) is 9.50 Å². The molecule has 2 aromatic rings. The molecule has 0 saturated carbocycles. The van der Waals surface area contributed by atoms with E-state index < -0.39 is 5.97 Å². The van der Waals surface area contributed by atoms with Crippen LogP contribution in [0.4, 0.5) is 0 Å². The maximum absolute atomic E-state index is 10.5. The van der Waals surface area contributed by atoms with Gasteiger partial charge in [-0.3, -0.25) is 0 Å². The Morgan fingerprint density at radius 2 is 2.07 bits per heavy atom. The molecule has 76 valence electrons. The number of nitrogens with zero attached hydrogens (tertiary/aromatic N) is 3. The zero-order chi connectivity index (χ0) is 10.7. The van der Waals surface area contributed by atoms with E-state index in [2.05, 4.69) is 15.0 Å². The number of carboxylic acid groups (broad SMARTS) is 1. The van der Waals surface area contributed by atoms with E-state index >= 15 is 0 Å². The Hall–Kier alpha value is -1.47. The maximum atomic E-state index is 10.5. The van der Waals surface area contributed by atoms with Gasteiger partial charge in [0.05, 0.1) is 5.56 Å². The summed E-state index contributed by atoms with van der Waals surface area (Å²) in [4.78, 5) is 22.4. The van der Waals surface area contributed by atoms with Gasteiger partial charge in [-0.25, -0.2) is 19.7 Å².